The van der Waals surface area contributed by atoms with Crippen molar-refractivity contribution in [3.05, 3.63) is 18.2 Å². The van der Waals surface area contributed by atoms with Crippen LogP contribution in [-0.4, -0.2) is 13.2 Å². The van der Waals surface area contributed by atoms with Crippen LogP contribution in [0.25, 0.3) is 0 Å². The Hall–Kier alpha value is -0.750. The van der Waals surface area contributed by atoms with Crippen molar-refractivity contribution in [2.75, 3.05) is 13.2 Å². The third kappa shape index (κ3) is 4.95. The standard InChI is InChI=1S/C14H23O2P/c1-10(2)8-15-12-6-5-7-13(17)14(12)16-9-11(3)4/h5-7,10-11H,8-9,17H2,1-4H3. The lowest BCUT2D eigenvalue weighted by Crippen LogP contribution is -2.12. The average molecular weight is 254 g/mol. The first-order valence-electron chi connectivity index (χ1n) is 6.14. The summed E-state index contributed by atoms with van der Waals surface area (Å²) in [5.74, 6) is 2.72. The van der Waals surface area contributed by atoms with Crippen molar-refractivity contribution in [2.24, 2.45) is 11.8 Å². The molecule has 0 aliphatic heterocycles. The van der Waals surface area contributed by atoms with Gasteiger partial charge in [0.2, 0.25) is 0 Å². The van der Waals surface area contributed by atoms with Crippen molar-refractivity contribution in [1.29, 1.82) is 0 Å². The summed E-state index contributed by atoms with van der Waals surface area (Å²) in [5.41, 5.74) is 0. The van der Waals surface area contributed by atoms with Crippen LogP contribution in [0.3, 0.4) is 0 Å². The molecule has 1 rings (SSSR count). The largest absolute Gasteiger partial charge is 0.489 e. The molecule has 2 nitrogen and oxygen atoms in total. The summed E-state index contributed by atoms with van der Waals surface area (Å²) in [6.07, 6.45) is 0. The molecule has 0 heterocycles. The number of benzene rings is 1. The van der Waals surface area contributed by atoms with Crippen molar-refractivity contribution >= 4 is 14.5 Å². The molecule has 0 spiro atoms. The van der Waals surface area contributed by atoms with Crippen LogP contribution in [0.4, 0.5) is 0 Å². The van der Waals surface area contributed by atoms with Crippen LogP contribution in [-0.2, 0) is 0 Å². The first-order chi connectivity index (χ1) is 8.00. The van der Waals surface area contributed by atoms with Crippen LogP contribution in [0.1, 0.15) is 27.7 Å². The molecule has 1 aromatic rings. The Balaban J connectivity index is 2.76. The molecular formula is C14H23O2P. The molecule has 1 atom stereocenters. The van der Waals surface area contributed by atoms with Crippen molar-refractivity contribution in [1.82, 2.24) is 0 Å². The fourth-order valence-corrected chi connectivity index (χ4v) is 1.64. The van der Waals surface area contributed by atoms with Gasteiger partial charge >= 0.3 is 0 Å². The normalized spacial score (nSPS) is 11.0. The highest BCUT2D eigenvalue weighted by Crippen LogP contribution is 2.27. The number of rotatable bonds is 6. The molecule has 0 aliphatic rings. The number of hydrogen-bond acceptors (Lipinski definition) is 2. The van der Waals surface area contributed by atoms with Gasteiger partial charge in [-0.05, 0) is 17.9 Å². The minimum Gasteiger partial charge on any atom is -0.489 e. The fraction of sp³-hybridized carbons (Fsp3) is 0.571. The van der Waals surface area contributed by atoms with Gasteiger partial charge < -0.3 is 9.47 Å². The second kappa shape index (κ2) is 6.86. The van der Waals surface area contributed by atoms with Gasteiger partial charge in [-0.3, -0.25) is 0 Å². The van der Waals surface area contributed by atoms with Gasteiger partial charge in [0.15, 0.2) is 11.5 Å². The minimum atomic E-state index is 0.512. The highest BCUT2D eigenvalue weighted by molar-refractivity contribution is 7.27. The van der Waals surface area contributed by atoms with E-state index in [1.54, 1.807) is 0 Å². The maximum absolute atomic E-state index is 5.82. The van der Waals surface area contributed by atoms with E-state index < -0.39 is 0 Å². The number of ether oxygens (including phenoxy) is 2. The third-order valence-electron chi connectivity index (χ3n) is 2.14. The van der Waals surface area contributed by atoms with E-state index in [2.05, 4.69) is 36.9 Å². The molecular weight excluding hydrogens is 231 g/mol. The molecule has 0 fully saturated rings. The van der Waals surface area contributed by atoms with Crippen molar-refractivity contribution < 1.29 is 9.47 Å². The van der Waals surface area contributed by atoms with Gasteiger partial charge in [-0.25, -0.2) is 0 Å². The summed E-state index contributed by atoms with van der Waals surface area (Å²) in [7, 11) is 2.70. The van der Waals surface area contributed by atoms with Crippen LogP contribution < -0.4 is 14.8 Å². The van der Waals surface area contributed by atoms with E-state index in [1.807, 2.05) is 18.2 Å². The minimum absolute atomic E-state index is 0.512. The van der Waals surface area contributed by atoms with Crippen LogP contribution >= 0.6 is 9.24 Å². The molecule has 0 amide bonds. The predicted molar refractivity (Wildman–Crippen MR) is 76.5 cm³/mol. The lowest BCUT2D eigenvalue weighted by molar-refractivity contribution is 0.231. The van der Waals surface area contributed by atoms with Crippen molar-refractivity contribution in [3.63, 3.8) is 0 Å². The van der Waals surface area contributed by atoms with Crippen LogP contribution in [0.15, 0.2) is 18.2 Å². The quantitative estimate of drug-likeness (QED) is 0.725. The lowest BCUT2D eigenvalue weighted by Gasteiger charge is -2.16. The zero-order chi connectivity index (χ0) is 12.8. The van der Waals surface area contributed by atoms with Gasteiger partial charge in [0.05, 0.1) is 13.2 Å². The molecule has 0 radical (unpaired) electrons. The molecule has 3 heteroatoms. The second-order valence-electron chi connectivity index (χ2n) is 5.08. The summed E-state index contributed by atoms with van der Waals surface area (Å²) < 4.78 is 11.6. The van der Waals surface area contributed by atoms with Gasteiger partial charge in [0.1, 0.15) is 0 Å². The van der Waals surface area contributed by atoms with Gasteiger partial charge in [0.25, 0.3) is 0 Å². The molecule has 1 aromatic carbocycles. The maximum atomic E-state index is 5.82. The van der Waals surface area contributed by atoms with E-state index in [0.717, 1.165) is 16.8 Å². The Morgan fingerprint density at radius 3 is 2.18 bits per heavy atom. The summed E-state index contributed by atoms with van der Waals surface area (Å²) in [4.78, 5) is 0. The van der Waals surface area contributed by atoms with Crippen LogP contribution in [0.5, 0.6) is 11.5 Å². The Labute approximate surface area is 107 Å². The first kappa shape index (κ1) is 14.3. The summed E-state index contributed by atoms with van der Waals surface area (Å²) in [6, 6.07) is 5.97. The Morgan fingerprint density at radius 2 is 1.59 bits per heavy atom. The molecule has 96 valence electrons. The maximum Gasteiger partial charge on any atom is 0.168 e. The average Bonchev–Trinajstić information content (AvgIpc) is 2.24. The molecule has 0 saturated heterocycles. The predicted octanol–water partition coefficient (Wildman–Crippen LogP) is 3.26. The van der Waals surface area contributed by atoms with E-state index in [-0.39, 0.29) is 0 Å². The zero-order valence-electron chi connectivity index (χ0n) is 11.2. The molecule has 0 aliphatic carbocycles. The molecule has 1 unspecified atom stereocenters. The van der Waals surface area contributed by atoms with Crippen LogP contribution in [0, 0.1) is 11.8 Å². The Morgan fingerprint density at radius 1 is 1.00 bits per heavy atom. The second-order valence-corrected chi connectivity index (χ2v) is 5.71. The van der Waals surface area contributed by atoms with Gasteiger partial charge in [-0.2, -0.15) is 0 Å². The monoisotopic (exact) mass is 254 g/mol. The Kier molecular flexibility index (Phi) is 5.77. The van der Waals surface area contributed by atoms with Gasteiger partial charge in [-0.15, -0.1) is 9.24 Å². The zero-order valence-corrected chi connectivity index (χ0v) is 12.3. The smallest absolute Gasteiger partial charge is 0.168 e. The fourth-order valence-electron chi connectivity index (χ4n) is 1.31. The molecule has 0 aromatic heterocycles. The topological polar surface area (TPSA) is 18.5 Å². The lowest BCUT2D eigenvalue weighted by atomic mass is 10.2. The van der Waals surface area contributed by atoms with E-state index in [1.165, 1.54) is 0 Å². The van der Waals surface area contributed by atoms with Crippen LogP contribution in [0.2, 0.25) is 0 Å². The highest BCUT2D eigenvalue weighted by atomic mass is 31.0. The summed E-state index contributed by atoms with van der Waals surface area (Å²) >= 11 is 0. The molecule has 17 heavy (non-hydrogen) atoms. The summed E-state index contributed by atoms with van der Waals surface area (Å²) in [5, 5.41) is 1.05. The SMILES string of the molecule is CC(C)COc1cccc(P)c1OCC(C)C. The first-order valence-corrected chi connectivity index (χ1v) is 6.72. The molecule has 0 bridgehead atoms. The highest BCUT2D eigenvalue weighted by Gasteiger charge is 2.09. The number of hydrogen-bond donors (Lipinski definition) is 0. The van der Waals surface area contributed by atoms with E-state index in [9.17, 15) is 0 Å². The van der Waals surface area contributed by atoms with Gasteiger partial charge in [-0.1, -0.05) is 39.8 Å². The number of para-hydroxylation sites is 1. The van der Waals surface area contributed by atoms with E-state index in [0.29, 0.717) is 25.0 Å². The molecule has 0 saturated carbocycles. The summed E-state index contributed by atoms with van der Waals surface area (Å²) in [6.45, 7) is 9.98. The van der Waals surface area contributed by atoms with E-state index in [4.69, 9.17) is 9.47 Å². The van der Waals surface area contributed by atoms with Crippen molar-refractivity contribution in [2.45, 2.75) is 27.7 Å². The third-order valence-corrected chi connectivity index (χ3v) is 2.60. The molecule has 0 N–H and O–H groups in total. The van der Waals surface area contributed by atoms with Gasteiger partial charge in [0, 0.05) is 5.30 Å². The Bertz CT molecular complexity index is 348. The van der Waals surface area contributed by atoms with E-state index >= 15 is 0 Å². The van der Waals surface area contributed by atoms with Crippen molar-refractivity contribution in [3.8, 4) is 11.5 Å².